The van der Waals surface area contributed by atoms with E-state index >= 15 is 0 Å². The summed E-state index contributed by atoms with van der Waals surface area (Å²) in [5.74, 6) is -0.205. The zero-order valence-corrected chi connectivity index (χ0v) is 17.5. The number of rotatable bonds is 5. The van der Waals surface area contributed by atoms with Crippen molar-refractivity contribution in [3.8, 4) is 0 Å². The zero-order valence-electron chi connectivity index (χ0n) is 17.5. The van der Waals surface area contributed by atoms with E-state index in [4.69, 9.17) is 5.11 Å². The standard InChI is InChI=1S/C23H33N3O3/c1-24-12-10-18-5-8-21(16-19(18)11-13-24)26-15-14-25(23(26)29)20-6-2-17(3-7-20)4-9-22(27)28/h5,8,16-17,20H,2-4,6-7,9-15H2,1H3,(H,27,28)/t17-,20-. The van der Waals surface area contributed by atoms with Gasteiger partial charge >= 0.3 is 12.0 Å². The summed E-state index contributed by atoms with van der Waals surface area (Å²) in [6, 6.07) is 7.02. The van der Waals surface area contributed by atoms with Gasteiger partial charge in [-0.2, -0.15) is 0 Å². The first kappa shape index (κ1) is 20.2. The van der Waals surface area contributed by atoms with Crippen molar-refractivity contribution >= 4 is 17.7 Å². The Balaban J connectivity index is 1.37. The van der Waals surface area contributed by atoms with Gasteiger partial charge in [0.1, 0.15) is 0 Å². The van der Waals surface area contributed by atoms with Gasteiger partial charge in [-0.15, -0.1) is 0 Å². The molecule has 1 N–H and O–H groups in total. The Kier molecular flexibility index (Phi) is 6.09. The van der Waals surface area contributed by atoms with Crippen LogP contribution in [0.2, 0.25) is 0 Å². The lowest BCUT2D eigenvalue weighted by molar-refractivity contribution is -0.137. The maximum atomic E-state index is 13.2. The number of carbonyl (C=O) groups excluding carboxylic acids is 1. The minimum Gasteiger partial charge on any atom is -0.481 e. The third-order valence-corrected chi connectivity index (χ3v) is 7.09. The molecular weight excluding hydrogens is 366 g/mol. The number of hydrogen-bond donors (Lipinski definition) is 1. The lowest BCUT2D eigenvalue weighted by Crippen LogP contribution is -2.41. The van der Waals surface area contributed by atoms with Crippen LogP contribution in [0, 0.1) is 5.92 Å². The number of aliphatic carboxylic acids is 1. The van der Waals surface area contributed by atoms with Crippen molar-refractivity contribution in [2.24, 2.45) is 5.92 Å². The summed E-state index contributed by atoms with van der Waals surface area (Å²) in [7, 11) is 2.17. The maximum absolute atomic E-state index is 13.2. The van der Waals surface area contributed by atoms with E-state index in [2.05, 4.69) is 35.0 Å². The molecule has 158 valence electrons. The van der Waals surface area contributed by atoms with Crippen molar-refractivity contribution in [3.63, 3.8) is 0 Å². The summed E-state index contributed by atoms with van der Waals surface area (Å²) in [4.78, 5) is 30.3. The van der Waals surface area contributed by atoms with Crippen LogP contribution in [-0.2, 0) is 17.6 Å². The number of fused-ring (bicyclic) bond motifs is 1. The number of carbonyl (C=O) groups is 2. The second-order valence-corrected chi connectivity index (χ2v) is 8.99. The van der Waals surface area contributed by atoms with Gasteiger partial charge < -0.3 is 14.9 Å². The molecule has 0 spiro atoms. The van der Waals surface area contributed by atoms with Crippen molar-refractivity contribution in [2.75, 3.05) is 38.1 Å². The summed E-state index contributed by atoms with van der Waals surface area (Å²) in [5.41, 5.74) is 3.84. The van der Waals surface area contributed by atoms with Crippen LogP contribution in [0.25, 0.3) is 0 Å². The van der Waals surface area contributed by atoms with Crippen molar-refractivity contribution in [1.82, 2.24) is 9.80 Å². The van der Waals surface area contributed by atoms with E-state index in [0.717, 1.165) is 76.8 Å². The van der Waals surface area contributed by atoms with E-state index in [1.807, 2.05) is 4.90 Å². The van der Waals surface area contributed by atoms with Gasteiger partial charge in [0, 0.05) is 44.3 Å². The summed E-state index contributed by atoms with van der Waals surface area (Å²) in [6.45, 7) is 3.72. The molecule has 4 rings (SSSR count). The van der Waals surface area contributed by atoms with Crippen molar-refractivity contribution in [3.05, 3.63) is 29.3 Å². The molecule has 1 aromatic rings. The Labute approximate surface area is 173 Å². The van der Waals surface area contributed by atoms with Gasteiger partial charge in [0.25, 0.3) is 0 Å². The number of carboxylic acid groups (broad SMARTS) is 1. The highest BCUT2D eigenvalue weighted by molar-refractivity contribution is 5.94. The SMILES string of the molecule is CN1CCc2ccc(N3CCN([C@H]4CC[C@H](CCC(=O)O)CC4)C3=O)cc2CC1. The molecule has 3 aliphatic rings. The number of nitrogens with zero attached hydrogens (tertiary/aromatic N) is 3. The van der Waals surface area contributed by atoms with E-state index in [1.165, 1.54) is 11.1 Å². The second kappa shape index (κ2) is 8.74. The minimum atomic E-state index is -0.704. The van der Waals surface area contributed by atoms with Gasteiger partial charge in [0.05, 0.1) is 0 Å². The van der Waals surface area contributed by atoms with Gasteiger partial charge in [0.2, 0.25) is 0 Å². The molecule has 2 fully saturated rings. The first-order valence-electron chi connectivity index (χ1n) is 11.1. The van der Waals surface area contributed by atoms with Gasteiger partial charge in [-0.3, -0.25) is 9.69 Å². The molecule has 0 unspecified atom stereocenters. The average molecular weight is 400 g/mol. The van der Waals surface area contributed by atoms with Crippen LogP contribution in [-0.4, -0.2) is 66.2 Å². The van der Waals surface area contributed by atoms with Crippen LogP contribution in [0.4, 0.5) is 10.5 Å². The third kappa shape index (κ3) is 4.58. The number of benzene rings is 1. The first-order chi connectivity index (χ1) is 14.0. The topological polar surface area (TPSA) is 64.1 Å². The maximum Gasteiger partial charge on any atom is 0.324 e. The highest BCUT2D eigenvalue weighted by Crippen LogP contribution is 2.33. The minimum absolute atomic E-state index is 0.143. The molecule has 6 heteroatoms. The van der Waals surface area contributed by atoms with Gasteiger partial charge in [-0.1, -0.05) is 6.07 Å². The molecule has 1 saturated heterocycles. The average Bonchev–Trinajstić information content (AvgIpc) is 3.00. The van der Waals surface area contributed by atoms with Crippen molar-refractivity contribution < 1.29 is 14.7 Å². The first-order valence-corrected chi connectivity index (χ1v) is 11.1. The summed E-state index contributed by atoms with van der Waals surface area (Å²) >= 11 is 0. The predicted molar refractivity (Wildman–Crippen MR) is 113 cm³/mol. The number of likely N-dealkylation sites (N-methyl/N-ethyl adjacent to an activating group) is 1. The normalized spacial score (nSPS) is 25.8. The van der Waals surface area contributed by atoms with Crippen LogP contribution in [0.5, 0.6) is 0 Å². The molecule has 2 amide bonds. The van der Waals surface area contributed by atoms with E-state index in [-0.39, 0.29) is 12.5 Å². The fraction of sp³-hybridized carbons (Fsp3) is 0.652. The second-order valence-electron chi connectivity index (χ2n) is 8.99. The Morgan fingerprint density at radius 2 is 1.76 bits per heavy atom. The van der Waals surface area contributed by atoms with Crippen LogP contribution >= 0.6 is 0 Å². The van der Waals surface area contributed by atoms with E-state index < -0.39 is 5.97 Å². The molecule has 2 heterocycles. The van der Waals surface area contributed by atoms with Gasteiger partial charge in [-0.05, 0) is 81.2 Å². The number of amides is 2. The molecule has 6 nitrogen and oxygen atoms in total. The molecule has 2 aliphatic heterocycles. The van der Waals surface area contributed by atoms with Crippen LogP contribution < -0.4 is 4.90 Å². The van der Waals surface area contributed by atoms with Gasteiger partial charge in [0.15, 0.2) is 0 Å². The molecule has 1 aromatic carbocycles. The fourth-order valence-corrected chi connectivity index (χ4v) is 5.20. The number of hydrogen-bond acceptors (Lipinski definition) is 3. The Bertz CT molecular complexity index is 758. The smallest absolute Gasteiger partial charge is 0.324 e. The van der Waals surface area contributed by atoms with Crippen LogP contribution in [0.1, 0.15) is 49.7 Å². The van der Waals surface area contributed by atoms with Gasteiger partial charge in [-0.25, -0.2) is 4.79 Å². The molecular formula is C23H33N3O3. The fourth-order valence-electron chi connectivity index (χ4n) is 5.20. The molecule has 0 aromatic heterocycles. The highest BCUT2D eigenvalue weighted by Gasteiger charge is 2.36. The van der Waals surface area contributed by atoms with Crippen LogP contribution in [0.15, 0.2) is 18.2 Å². The van der Waals surface area contributed by atoms with Crippen molar-refractivity contribution in [2.45, 2.75) is 57.4 Å². The third-order valence-electron chi connectivity index (χ3n) is 7.09. The summed E-state index contributed by atoms with van der Waals surface area (Å²) in [6.07, 6.45) is 7.23. The summed E-state index contributed by atoms with van der Waals surface area (Å²) < 4.78 is 0. The lowest BCUT2D eigenvalue weighted by atomic mass is 9.83. The molecule has 1 aliphatic carbocycles. The Hall–Kier alpha value is -2.08. The van der Waals surface area contributed by atoms with E-state index in [0.29, 0.717) is 12.0 Å². The van der Waals surface area contributed by atoms with Crippen molar-refractivity contribution in [1.29, 1.82) is 0 Å². The van der Waals surface area contributed by atoms with Crippen LogP contribution in [0.3, 0.4) is 0 Å². The lowest BCUT2D eigenvalue weighted by Gasteiger charge is -2.34. The van der Waals surface area contributed by atoms with E-state index in [9.17, 15) is 9.59 Å². The highest BCUT2D eigenvalue weighted by atomic mass is 16.4. The molecule has 0 atom stereocenters. The number of anilines is 1. The number of urea groups is 1. The predicted octanol–water partition coefficient (Wildman–Crippen LogP) is 3.38. The largest absolute Gasteiger partial charge is 0.481 e. The quantitative estimate of drug-likeness (QED) is 0.824. The molecule has 0 radical (unpaired) electrons. The van der Waals surface area contributed by atoms with E-state index in [1.54, 1.807) is 0 Å². The zero-order chi connectivity index (χ0) is 20.4. The molecule has 0 bridgehead atoms. The Morgan fingerprint density at radius 3 is 2.48 bits per heavy atom. The Morgan fingerprint density at radius 1 is 1.03 bits per heavy atom. The monoisotopic (exact) mass is 399 g/mol. The molecule has 1 saturated carbocycles. The molecule has 29 heavy (non-hydrogen) atoms. The summed E-state index contributed by atoms with van der Waals surface area (Å²) in [5, 5.41) is 8.88. The number of carboxylic acids is 1.